The molecular formula is C36H35F5N4O3. The Morgan fingerprint density at radius 1 is 0.979 bits per heavy atom. The number of aromatic nitrogens is 2. The third-order valence-electron chi connectivity index (χ3n) is 12.1. The number of benzene rings is 2. The van der Waals surface area contributed by atoms with Gasteiger partial charge in [-0.2, -0.15) is 23.4 Å². The van der Waals surface area contributed by atoms with Gasteiger partial charge in [-0.05, 0) is 112 Å². The maximum atomic E-state index is 15.2. The number of carbonyl (C=O) groups is 1. The smallest absolute Gasteiger partial charge is 0.380 e. The van der Waals surface area contributed by atoms with Crippen molar-refractivity contribution in [3.8, 4) is 17.2 Å². The standard InChI is InChI=1S/C36H35F5N4O3/c37-27-17-23(4-5-26(27)33(20-42)12-13-33)22-2-1-3-25(16-22)45(28(46)24-18-35(47,19-24)36(39,40)41)21-31-6-9-32(10-7-31,11-8-31)29-43-30(48-44-29)34(38)14-15-34/h1-5,16-17,24,47H,6-15,18-19,21H2. The van der Waals surface area contributed by atoms with Crippen LogP contribution in [0.3, 0.4) is 0 Å². The van der Waals surface area contributed by atoms with Gasteiger partial charge >= 0.3 is 6.18 Å². The summed E-state index contributed by atoms with van der Waals surface area (Å²) >= 11 is 0. The summed E-state index contributed by atoms with van der Waals surface area (Å²) in [6, 6.07) is 14.0. The van der Waals surface area contributed by atoms with Crippen molar-refractivity contribution in [2.45, 2.75) is 105 Å². The lowest BCUT2D eigenvalue weighted by atomic mass is 9.53. The lowest BCUT2D eigenvalue weighted by Crippen LogP contribution is -2.60. The van der Waals surface area contributed by atoms with Crippen LogP contribution in [0.4, 0.5) is 27.6 Å². The summed E-state index contributed by atoms with van der Waals surface area (Å²) in [6.07, 6.45) is -0.0120. The van der Waals surface area contributed by atoms with E-state index in [1.807, 2.05) is 0 Å². The van der Waals surface area contributed by atoms with E-state index in [1.165, 1.54) is 6.07 Å². The molecule has 9 rings (SSSR count). The molecule has 12 heteroatoms. The van der Waals surface area contributed by atoms with Crippen LogP contribution in [0.25, 0.3) is 11.1 Å². The average Bonchev–Trinajstić information content (AvgIpc) is 3.97. The molecule has 48 heavy (non-hydrogen) atoms. The van der Waals surface area contributed by atoms with E-state index in [2.05, 4.69) is 16.2 Å². The quantitative estimate of drug-likeness (QED) is 0.247. The molecule has 6 saturated carbocycles. The zero-order valence-corrected chi connectivity index (χ0v) is 26.3. The van der Waals surface area contributed by atoms with Gasteiger partial charge in [0.05, 0.1) is 11.5 Å². The van der Waals surface area contributed by atoms with Crippen molar-refractivity contribution in [2.75, 3.05) is 11.4 Å². The van der Waals surface area contributed by atoms with E-state index < -0.39 is 53.3 Å². The number of alkyl halides is 4. The van der Waals surface area contributed by atoms with E-state index >= 15 is 4.39 Å². The van der Waals surface area contributed by atoms with Crippen molar-refractivity contribution >= 4 is 11.6 Å². The minimum Gasteiger partial charge on any atom is -0.380 e. The Labute approximate surface area is 274 Å². The van der Waals surface area contributed by atoms with E-state index in [0.29, 0.717) is 92.4 Å². The van der Waals surface area contributed by atoms with Crippen LogP contribution in [0.2, 0.25) is 0 Å². The first-order valence-electron chi connectivity index (χ1n) is 16.7. The number of halogens is 5. The van der Waals surface area contributed by atoms with Gasteiger partial charge in [-0.25, -0.2) is 8.78 Å². The number of nitrogens with zero attached hydrogens (tertiary/aromatic N) is 4. The van der Waals surface area contributed by atoms with Crippen LogP contribution in [-0.4, -0.2) is 39.5 Å². The number of anilines is 1. The van der Waals surface area contributed by atoms with Gasteiger partial charge in [0, 0.05) is 29.1 Å². The Bertz CT molecular complexity index is 1810. The summed E-state index contributed by atoms with van der Waals surface area (Å²) < 4.78 is 75.7. The molecule has 3 aromatic rings. The molecule has 6 fully saturated rings. The molecule has 7 nitrogen and oxygen atoms in total. The molecule has 1 heterocycles. The summed E-state index contributed by atoms with van der Waals surface area (Å²) in [7, 11) is 0. The second-order valence-electron chi connectivity index (χ2n) is 15.2. The summed E-state index contributed by atoms with van der Waals surface area (Å²) in [5, 5.41) is 23.9. The maximum Gasteiger partial charge on any atom is 0.417 e. The zero-order valence-electron chi connectivity index (χ0n) is 26.3. The highest BCUT2D eigenvalue weighted by molar-refractivity contribution is 5.96. The number of fused-ring (bicyclic) bond motifs is 3. The van der Waals surface area contributed by atoms with Crippen LogP contribution in [-0.2, 0) is 21.3 Å². The van der Waals surface area contributed by atoms with Crippen LogP contribution in [0.5, 0.6) is 0 Å². The van der Waals surface area contributed by atoms with Gasteiger partial charge in [0.25, 0.3) is 5.89 Å². The number of amides is 1. The molecule has 0 spiro atoms. The fourth-order valence-electron chi connectivity index (χ4n) is 8.30. The predicted octanol–water partition coefficient (Wildman–Crippen LogP) is 7.72. The van der Waals surface area contributed by atoms with Crippen molar-refractivity contribution < 1.29 is 36.4 Å². The summed E-state index contributed by atoms with van der Waals surface area (Å²) in [5.74, 6) is -1.41. The molecule has 0 radical (unpaired) electrons. The Hall–Kier alpha value is -3.85. The normalized spacial score (nSPS) is 31.1. The summed E-state index contributed by atoms with van der Waals surface area (Å²) in [6.45, 7) is 0.273. The number of rotatable bonds is 8. The predicted molar refractivity (Wildman–Crippen MR) is 163 cm³/mol. The van der Waals surface area contributed by atoms with Crippen LogP contribution < -0.4 is 4.90 Å². The van der Waals surface area contributed by atoms with E-state index in [1.54, 1.807) is 41.3 Å². The van der Waals surface area contributed by atoms with Gasteiger partial charge < -0.3 is 14.5 Å². The molecule has 0 aliphatic heterocycles. The van der Waals surface area contributed by atoms with Gasteiger partial charge in [-0.1, -0.05) is 29.4 Å². The first-order valence-corrected chi connectivity index (χ1v) is 16.7. The third kappa shape index (κ3) is 4.94. The topological polar surface area (TPSA) is 103 Å². The largest absolute Gasteiger partial charge is 0.417 e. The maximum absolute atomic E-state index is 15.2. The van der Waals surface area contributed by atoms with Gasteiger partial charge in [0.1, 0.15) is 5.82 Å². The first kappa shape index (κ1) is 31.4. The zero-order chi connectivity index (χ0) is 33.7. The Kier molecular flexibility index (Phi) is 6.76. The molecule has 0 atom stereocenters. The molecule has 0 saturated heterocycles. The molecule has 252 valence electrons. The summed E-state index contributed by atoms with van der Waals surface area (Å²) in [4.78, 5) is 20.1. The van der Waals surface area contributed by atoms with Crippen molar-refractivity contribution in [2.24, 2.45) is 11.3 Å². The van der Waals surface area contributed by atoms with Crippen molar-refractivity contribution in [3.63, 3.8) is 0 Å². The van der Waals surface area contributed by atoms with Gasteiger partial charge in [0.2, 0.25) is 5.91 Å². The summed E-state index contributed by atoms with van der Waals surface area (Å²) in [5.41, 5.74) is -3.84. The van der Waals surface area contributed by atoms with Crippen molar-refractivity contribution in [1.82, 2.24) is 10.1 Å². The number of hydrogen-bond acceptors (Lipinski definition) is 6. The van der Waals surface area contributed by atoms with Crippen molar-refractivity contribution in [1.29, 1.82) is 5.26 Å². The fraction of sp³-hybridized carbons (Fsp3) is 0.556. The lowest BCUT2D eigenvalue weighted by molar-refractivity contribution is -0.295. The highest BCUT2D eigenvalue weighted by Crippen LogP contribution is 2.59. The molecule has 2 bridgehead atoms. The lowest BCUT2D eigenvalue weighted by Gasteiger charge is -2.54. The molecule has 0 unspecified atom stereocenters. The Morgan fingerprint density at radius 3 is 2.23 bits per heavy atom. The van der Waals surface area contributed by atoms with Crippen LogP contribution >= 0.6 is 0 Å². The van der Waals surface area contributed by atoms with Gasteiger partial charge in [-0.15, -0.1) is 0 Å². The van der Waals surface area contributed by atoms with E-state index in [4.69, 9.17) is 4.52 Å². The second kappa shape index (κ2) is 10.3. The van der Waals surface area contributed by atoms with Crippen molar-refractivity contribution in [3.05, 3.63) is 65.6 Å². The monoisotopic (exact) mass is 666 g/mol. The fourth-order valence-corrected chi connectivity index (χ4v) is 8.30. The van der Waals surface area contributed by atoms with Crippen LogP contribution in [0.15, 0.2) is 47.0 Å². The van der Waals surface area contributed by atoms with Gasteiger partial charge in [0.15, 0.2) is 17.1 Å². The number of nitriles is 1. The van der Waals surface area contributed by atoms with Gasteiger partial charge in [-0.3, -0.25) is 4.79 Å². The van der Waals surface area contributed by atoms with Crippen LogP contribution in [0.1, 0.15) is 94.3 Å². The second-order valence-corrected chi connectivity index (χ2v) is 15.2. The number of aliphatic hydroxyl groups is 1. The molecule has 1 amide bonds. The molecule has 6 aliphatic carbocycles. The minimum atomic E-state index is -4.83. The molecule has 1 aromatic heterocycles. The SMILES string of the molecule is N#CC1(c2ccc(-c3cccc(N(CC45CCC(c6noc(C7(F)CC7)n6)(CC4)CC5)C(=O)C4CC(O)(C(F)(F)F)C4)c3)cc2F)CC1. The number of carbonyl (C=O) groups excluding carboxylic acids is 1. The molecule has 1 N–H and O–H groups in total. The molecule has 2 aromatic carbocycles. The number of hydrogen-bond donors (Lipinski definition) is 1. The average molecular weight is 667 g/mol. The Morgan fingerprint density at radius 2 is 1.65 bits per heavy atom. The molecular weight excluding hydrogens is 631 g/mol. The minimum absolute atomic E-state index is 0.0388. The van der Waals surface area contributed by atoms with Crippen LogP contribution in [0, 0.1) is 28.5 Å². The third-order valence-corrected chi connectivity index (χ3v) is 12.1. The highest BCUT2D eigenvalue weighted by atomic mass is 19.4. The Balaban J connectivity index is 1.07. The first-order chi connectivity index (χ1) is 22.7. The van der Waals surface area contributed by atoms with E-state index in [9.17, 15) is 32.7 Å². The molecule has 6 aliphatic rings. The highest BCUT2D eigenvalue weighted by Gasteiger charge is 2.63. The van der Waals surface area contributed by atoms with E-state index in [0.717, 1.165) is 0 Å². The van der Waals surface area contributed by atoms with E-state index in [-0.39, 0.29) is 23.3 Å².